The Morgan fingerprint density at radius 3 is 2.42 bits per heavy atom. The van der Waals surface area contributed by atoms with Crippen molar-refractivity contribution in [2.24, 2.45) is 11.3 Å². The van der Waals surface area contributed by atoms with E-state index in [-0.39, 0.29) is 63.0 Å². The molecule has 1 atom stereocenters. The van der Waals surface area contributed by atoms with Crippen LogP contribution < -0.4 is 24.4 Å². The minimum Gasteiger partial charge on any atom is -0.478 e. The lowest BCUT2D eigenvalue weighted by Crippen LogP contribution is -2.59. The molecule has 76 heavy (non-hydrogen) atoms. The fourth-order valence-corrected chi connectivity index (χ4v) is 12.6. The van der Waals surface area contributed by atoms with E-state index >= 15 is 0 Å². The van der Waals surface area contributed by atoms with Crippen molar-refractivity contribution in [1.29, 1.82) is 0 Å². The number of hydrogen-bond donors (Lipinski definition) is 4. The number of pyridine rings is 2. The highest BCUT2D eigenvalue weighted by molar-refractivity contribution is 7.90. The number of aromatic nitrogens is 3. The number of carbonyl (C=O) groups is 1. The number of anilines is 2. The van der Waals surface area contributed by atoms with Crippen LogP contribution in [-0.4, -0.2) is 107 Å². The first kappa shape index (κ1) is 52.4. The van der Waals surface area contributed by atoms with E-state index in [1.54, 1.807) is 19.1 Å². The van der Waals surface area contributed by atoms with Crippen molar-refractivity contribution in [1.82, 2.24) is 29.5 Å². The Bertz CT molecular complexity index is 3270. The molecule has 2 saturated carbocycles. The van der Waals surface area contributed by atoms with Gasteiger partial charge in [0.1, 0.15) is 27.9 Å². The Morgan fingerprint density at radius 2 is 1.71 bits per heavy atom. The molecule has 0 bridgehead atoms. The second kappa shape index (κ2) is 21.2. The van der Waals surface area contributed by atoms with Crippen molar-refractivity contribution in [3.63, 3.8) is 0 Å². The minimum absolute atomic E-state index is 0.0275. The summed E-state index contributed by atoms with van der Waals surface area (Å²) in [6.45, 7) is 13.2. The van der Waals surface area contributed by atoms with Crippen LogP contribution in [0.2, 0.25) is 0 Å². The molecule has 17 nitrogen and oxygen atoms in total. The van der Waals surface area contributed by atoms with Crippen LogP contribution in [0.25, 0.3) is 16.6 Å². The van der Waals surface area contributed by atoms with E-state index in [2.05, 4.69) is 72.7 Å². The topological polar surface area (TPSA) is 208 Å². The number of rotatable bonds is 16. The van der Waals surface area contributed by atoms with E-state index in [1.807, 2.05) is 16.9 Å². The van der Waals surface area contributed by atoms with Gasteiger partial charge in [-0.2, -0.15) is 4.98 Å². The van der Waals surface area contributed by atoms with Crippen LogP contribution in [-0.2, 0) is 16.6 Å². The van der Waals surface area contributed by atoms with Crippen molar-refractivity contribution in [3.8, 4) is 17.4 Å². The largest absolute Gasteiger partial charge is 0.478 e. The predicted octanol–water partition coefficient (Wildman–Crippen LogP) is 9.76. The van der Waals surface area contributed by atoms with Crippen molar-refractivity contribution < 1.29 is 41.5 Å². The molecular formula is C56H63F2N9O8S. The van der Waals surface area contributed by atoms with E-state index < -0.39 is 42.9 Å². The number of sulfonamides is 1. The van der Waals surface area contributed by atoms with Crippen molar-refractivity contribution in [3.05, 3.63) is 142 Å². The number of hydrogen-bond acceptors (Lipinski definition) is 14. The van der Waals surface area contributed by atoms with Gasteiger partial charge in [-0.3, -0.25) is 24.7 Å². The Morgan fingerprint density at radius 1 is 0.974 bits per heavy atom. The molecule has 2 saturated heterocycles. The number of halogens is 2. The average molecular weight is 1060 g/mol. The van der Waals surface area contributed by atoms with Crippen LogP contribution in [0.5, 0.6) is 17.4 Å². The van der Waals surface area contributed by atoms with Gasteiger partial charge in [0.25, 0.3) is 21.8 Å². The molecule has 2 aliphatic heterocycles. The van der Waals surface area contributed by atoms with E-state index in [0.717, 1.165) is 87.0 Å². The average Bonchev–Trinajstić information content (AvgIpc) is 3.78. The van der Waals surface area contributed by atoms with E-state index in [1.165, 1.54) is 36.9 Å². The second-order valence-electron chi connectivity index (χ2n) is 21.4. The number of piperidine rings is 1. The van der Waals surface area contributed by atoms with Gasteiger partial charge in [0.15, 0.2) is 5.75 Å². The number of nitro groups is 1. The minimum atomic E-state index is -4.75. The fraction of sp³-hybridized carbons (Fsp3) is 0.411. The number of aliphatic hydroxyl groups is 1. The molecule has 400 valence electrons. The van der Waals surface area contributed by atoms with Crippen LogP contribution in [0.1, 0.15) is 98.3 Å². The summed E-state index contributed by atoms with van der Waals surface area (Å²) in [6, 6.07) is 22.8. The summed E-state index contributed by atoms with van der Waals surface area (Å²) in [5.74, 6) is -2.08. The number of fused-ring (bicyclic) bond motifs is 1. The Hall–Kier alpha value is -7.00. The monoisotopic (exact) mass is 1060 g/mol. The molecule has 4 fully saturated rings. The van der Waals surface area contributed by atoms with Crippen LogP contribution in [0.3, 0.4) is 0 Å². The number of carbonyl (C=O) groups excluding carboxylic acids is 1. The molecule has 3 aromatic heterocycles. The SMILES string of the molecule is C=C(C)c1ccccc1[C@@H]1CN(Cc2ccc(F)cc2)CCN1C1CC2(CCN(c3ccc(C(=O)NS(=O)(=O)c4cnc(NCC5CCC(C)(O)CC5)c([N+](=O)[O-])c4)c(Oc4cc5c(F)c[nH]c5nc4OC)c3)CC2)C1. The summed E-state index contributed by atoms with van der Waals surface area (Å²) in [5, 5.41) is 25.6. The lowest BCUT2D eigenvalue weighted by Gasteiger charge is -2.58. The first-order valence-corrected chi connectivity index (χ1v) is 27.3. The van der Waals surface area contributed by atoms with Gasteiger partial charge in [0.05, 0.1) is 34.8 Å². The van der Waals surface area contributed by atoms with Crippen LogP contribution in [0.4, 0.5) is 26.0 Å². The number of methoxy groups -OCH3 is 1. The Labute approximate surface area is 440 Å². The van der Waals surface area contributed by atoms with Gasteiger partial charge in [-0.15, -0.1) is 0 Å². The van der Waals surface area contributed by atoms with Crippen molar-refractivity contribution in [2.45, 2.75) is 94.3 Å². The number of H-pyrrole nitrogens is 1. The maximum atomic E-state index is 14.9. The Balaban J connectivity index is 0.859. The van der Waals surface area contributed by atoms with E-state index in [9.17, 15) is 37.2 Å². The summed E-state index contributed by atoms with van der Waals surface area (Å²) in [6.07, 6.45) is 8.58. The molecule has 4 aliphatic rings. The van der Waals surface area contributed by atoms with Gasteiger partial charge in [0.2, 0.25) is 5.82 Å². The number of nitrogens with zero attached hydrogens (tertiary/aromatic N) is 6. The molecular weight excluding hydrogens is 997 g/mol. The number of allylic oxidation sites excluding steroid dienone is 1. The Kier molecular flexibility index (Phi) is 14.6. The highest BCUT2D eigenvalue weighted by atomic mass is 32.2. The maximum Gasteiger partial charge on any atom is 0.312 e. The summed E-state index contributed by atoms with van der Waals surface area (Å²) >= 11 is 0. The van der Waals surface area contributed by atoms with Gasteiger partial charge < -0.3 is 29.8 Å². The molecule has 6 aromatic rings. The molecule has 1 spiro atoms. The quantitative estimate of drug-likeness (QED) is 0.0526. The molecule has 2 aliphatic carbocycles. The number of nitrogens with one attached hydrogen (secondary N) is 3. The first-order chi connectivity index (χ1) is 36.4. The standard InChI is InChI=1S/C56H63F2N9O8S/c1-35(2)42-7-5-6-8-43(42)48-34-64(33-37-9-11-38(57)12-10-37)23-24-66(48)40-28-56(29-40)19-21-65(22-20-56)39-13-14-44(49(25-39)75-50-27-45-46(58)32-61-51(45)62-54(50)74-4)53(68)63-76(72,73)41-26-47(67(70)71)52(60-31-41)59-30-36-15-17-55(3,69)18-16-36/h5-14,25-27,31-32,36,40,48,69H,1,15-24,28-30,33-34H2,2-4H3,(H,59,60)(H,61,62)(H,63,68)/t36?,48-,55?/m0/s1. The zero-order valence-corrected chi connectivity index (χ0v) is 43.7. The highest BCUT2D eigenvalue weighted by Gasteiger charge is 2.50. The van der Waals surface area contributed by atoms with Crippen molar-refractivity contribution >= 4 is 49.7 Å². The summed E-state index contributed by atoms with van der Waals surface area (Å²) in [7, 11) is -3.39. The van der Waals surface area contributed by atoms with Gasteiger partial charge in [0, 0.05) is 88.0 Å². The number of piperazine rings is 1. The fourth-order valence-electron chi connectivity index (χ4n) is 11.7. The smallest absolute Gasteiger partial charge is 0.312 e. The number of benzene rings is 3. The van der Waals surface area contributed by atoms with Gasteiger partial charge in [-0.25, -0.2) is 26.9 Å². The number of aromatic amines is 1. The summed E-state index contributed by atoms with van der Waals surface area (Å²) in [5.41, 5.74) is 4.00. The first-order valence-electron chi connectivity index (χ1n) is 25.8. The van der Waals surface area contributed by atoms with Gasteiger partial charge in [-0.1, -0.05) is 48.6 Å². The second-order valence-corrected chi connectivity index (χ2v) is 23.1. The molecule has 1 amide bonds. The third-order valence-corrected chi connectivity index (χ3v) is 17.4. The lowest BCUT2D eigenvalue weighted by molar-refractivity contribution is -0.384. The third-order valence-electron chi connectivity index (χ3n) is 16.1. The van der Waals surface area contributed by atoms with Gasteiger partial charge in [-0.05, 0) is 118 Å². The number of ether oxygens (including phenoxy) is 2. The zero-order chi connectivity index (χ0) is 53.5. The van der Waals surface area contributed by atoms with E-state index in [0.29, 0.717) is 57.0 Å². The zero-order valence-electron chi connectivity index (χ0n) is 42.9. The molecule has 0 radical (unpaired) electrons. The highest BCUT2D eigenvalue weighted by Crippen LogP contribution is 2.53. The van der Waals surface area contributed by atoms with Crippen LogP contribution >= 0.6 is 0 Å². The molecule has 5 heterocycles. The van der Waals surface area contributed by atoms with Crippen molar-refractivity contribution in [2.75, 3.05) is 56.6 Å². The molecule has 10 rings (SSSR count). The summed E-state index contributed by atoms with van der Waals surface area (Å²) in [4.78, 5) is 43.6. The molecule has 0 unspecified atom stereocenters. The normalized spacial score (nSPS) is 21.3. The molecule has 20 heteroatoms. The van der Waals surface area contributed by atoms with Gasteiger partial charge >= 0.3 is 5.69 Å². The van der Waals surface area contributed by atoms with Crippen LogP contribution in [0, 0.1) is 33.1 Å². The molecule has 4 N–H and O–H groups in total. The van der Waals surface area contributed by atoms with Crippen LogP contribution in [0.15, 0.2) is 103 Å². The van der Waals surface area contributed by atoms with E-state index in [4.69, 9.17) is 9.47 Å². The summed E-state index contributed by atoms with van der Waals surface area (Å²) < 4.78 is 70.3. The predicted molar refractivity (Wildman–Crippen MR) is 285 cm³/mol. The lowest BCUT2D eigenvalue weighted by atomic mass is 9.59. The molecule has 3 aromatic carbocycles. The third kappa shape index (κ3) is 11.1. The maximum absolute atomic E-state index is 14.9. The number of amides is 1.